The van der Waals surface area contributed by atoms with Crippen molar-refractivity contribution in [1.29, 1.82) is 0 Å². The summed E-state index contributed by atoms with van der Waals surface area (Å²) < 4.78 is 2.41. The first-order valence-electron chi connectivity index (χ1n) is 5.37. The molecule has 0 fully saturated rings. The molecule has 0 unspecified atom stereocenters. The summed E-state index contributed by atoms with van der Waals surface area (Å²) in [5.74, 6) is -0.139. The maximum atomic E-state index is 11.9. The number of nitrogens with two attached hydrogens (primary N) is 1. The number of anilines is 1. The highest BCUT2D eigenvalue weighted by Crippen LogP contribution is 2.20. The summed E-state index contributed by atoms with van der Waals surface area (Å²) in [4.78, 5) is 11.9. The van der Waals surface area contributed by atoms with Gasteiger partial charge < -0.3 is 11.1 Å². The molecular weight excluding hydrogens is 296 g/mol. The number of carbonyl (C=O) groups is 1. The predicted octanol–water partition coefficient (Wildman–Crippen LogP) is 1.69. The fourth-order valence-corrected chi connectivity index (χ4v) is 1.89. The second-order valence-corrected chi connectivity index (χ2v) is 4.80. The zero-order chi connectivity index (χ0) is 13.1. The normalized spacial score (nSPS) is 10.3. The maximum absolute atomic E-state index is 11.9. The summed E-state index contributed by atoms with van der Waals surface area (Å²) in [6.45, 7) is 0.453. The van der Waals surface area contributed by atoms with Gasteiger partial charge in [-0.15, -0.1) is 0 Å². The molecule has 0 aliphatic rings. The van der Waals surface area contributed by atoms with E-state index >= 15 is 0 Å². The molecule has 0 bridgehead atoms. The Morgan fingerprint density at radius 2 is 2.33 bits per heavy atom. The molecule has 1 heterocycles. The van der Waals surface area contributed by atoms with Crippen molar-refractivity contribution in [3.63, 3.8) is 0 Å². The molecule has 0 atom stereocenters. The van der Waals surface area contributed by atoms with Gasteiger partial charge >= 0.3 is 0 Å². The molecule has 0 saturated carbocycles. The first-order valence-corrected chi connectivity index (χ1v) is 6.16. The van der Waals surface area contributed by atoms with Gasteiger partial charge in [0, 0.05) is 41.1 Å². The molecule has 0 aliphatic carbocycles. The molecule has 0 saturated heterocycles. The third-order valence-corrected chi connectivity index (χ3v) is 3.16. The van der Waals surface area contributed by atoms with E-state index in [2.05, 4.69) is 26.3 Å². The SMILES string of the molecule is Cn1cc(CNC(=O)c2ccc(N)c(Br)c2)cn1. The summed E-state index contributed by atoms with van der Waals surface area (Å²) in [6.07, 6.45) is 3.58. The molecule has 3 N–H and O–H groups in total. The molecule has 5 nitrogen and oxygen atoms in total. The van der Waals surface area contributed by atoms with Crippen LogP contribution in [0.2, 0.25) is 0 Å². The number of halogens is 1. The van der Waals surface area contributed by atoms with Gasteiger partial charge in [-0.25, -0.2) is 0 Å². The van der Waals surface area contributed by atoms with Crippen molar-refractivity contribution in [3.05, 3.63) is 46.2 Å². The van der Waals surface area contributed by atoms with Gasteiger partial charge in [0.2, 0.25) is 0 Å². The Kier molecular flexibility index (Phi) is 3.66. The molecule has 2 aromatic rings. The second-order valence-electron chi connectivity index (χ2n) is 3.94. The van der Waals surface area contributed by atoms with Gasteiger partial charge in [-0.1, -0.05) is 0 Å². The summed E-state index contributed by atoms with van der Waals surface area (Å²) >= 11 is 3.30. The van der Waals surface area contributed by atoms with E-state index in [1.165, 1.54) is 0 Å². The van der Waals surface area contributed by atoms with Crippen LogP contribution >= 0.6 is 15.9 Å². The summed E-state index contributed by atoms with van der Waals surface area (Å²) in [5.41, 5.74) is 7.81. The van der Waals surface area contributed by atoms with Gasteiger partial charge in [0.15, 0.2) is 0 Å². The van der Waals surface area contributed by atoms with Crippen molar-refractivity contribution >= 4 is 27.5 Å². The van der Waals surface area contributed by atoms with E-state index in [0.29, 0.717) is 17.8 Å². The van der Waals surface area contributed by atoms with Gasteiger partial charge in [-0.05, 0) is 34.1 Å². The zero-order valence-corrected chi connectivity index (χ0v) is 11.4. The number of nitrogen functional groups attached to an aromatic ring is 1. The van der Waals surface area contributed by atoms with Crippen molar-refractivity contribution in [3.8, 4) is 0 Å². The van der Waals surface area contributed by atoms with Crippen molar-refractivity contribution in [2.75, 3.05) is 5.73 Å². The zero-order valence-electron chi connectivity index (χ0n) is 9.85. The number of nitrogens with one attached hydrogen (secondary N) is 1. The van der Waals surface area contributed by atoms with E-state index in [1.54, 1.807) is 29.1 Å². The molecule has 6 heteroatoms. The molecule has 0 spiro atoms. The maximum Gasteiger partial charge on any atom is 0.251 e. The third kappa shape index (κ3) is 2.89. The monoisotopic (exact) mass is 308 g/mol. The second kappa shape index (κ2) is 5.22. The Morgan fingerprint density at radius 3 is 2.94 bits per heavy atom. The highest BCUT2D eigenvalue weighted by Gasteiger charge is 2.07. The van der Waals surface area contributed by atoms with E-state index in [4.69, 9.17) is 5.73 Å². The minimum Gasteiger partial charge on any atom is -0.398 e. The number of rotatable bonds is 3. The Morgan fingerprint density at radius 1 is 1.56 bits per heavy atom. The number of carbonyl (C=O) groups excluding carboxylic acids is 1. The van der Waals surface area contributed by atoms with E-state index in [0.717, 1.165) is 10.0 Å². The van der Waals surface area contributed by atoms with Crippen LogP contribution in [0.5, 0.6) is 0 Å². The van der Waals surface area contributed by atoms with Crippen LogP contribution in [0.4, 0.5) is 5.69 Å². The highest BCUT2D eigenvalue weighted by atomic mass is 79.9. The third-order valence-electron chi connectivity index (χ3n) is 2.47. The smallest absolute Gasteiger partial charge is 0.251 e. The van der Waals surface area contributed by atoms with Crippen molar-refractivity contribution in [2.45, 2.75) is 6.54 Å². The number of hydrogen-bond acceptors (Lipinski definition) is 3. The Bertz CT molecular complexity index is 579. The summed E-state index contributed by atoms with van der Waals surface area (Å²) in [7, 11) is 1.84. The Balaban J connectivity index is 2.01. The van der Waals surface area contributed by atoms with E-state index in [-0.39, 0.29) is 5.91 Å². The first kappa shape index (κ1) is 12.6. The van der Waals surface area contributed by atoms with Crippen molar-refractivity contribution < 1.29 is 4.79 Å². The molecule has 1 amide bonds. The highest BCUT2D eigenvalue weighted by molar-refractivity contribution is 9.10. The minimum atomic E-state index is -0.139. The summed E-state index contributed by atoms with van der Waals surface area (Å²) in [5, 5.41) is 6.86. The lowest BCUT2D eigenvalue weighted by Gasteiger charge is -2.05. The number of aryl methyl sites for hydroxylation is 1. The lowest BCUT2D eigenvalue weighted by atomic mass is 10.2. The molecule has 18 heavy (non-hydrogen) atoms. The minimum absolute atomic E-state index is 0.139. The average molecular weight is 309 g/mol. The number of amides is 1. The molecule has 1 aromatic heterocycles. The largest absolute Gasteiger partial charge is 0.398 e. The molecule has 94 valence electrons. The Hall–Kier alpha value is -1.82. The Labute approximate surface area is 113 Å². The predicted molar refractivity (Wildman–Crippen MR) is 72.9 cm³/mol. The molecule has 1 aromatic carbocycles. The van der Waals surface area contributed by atoms with Crippen LogP contribution in [0.25, 0.3) is 0 Å². The van der Waals surface area contributed by atoms with Crippen molar-refractivity contribution in [1.82, 2.24) is 15.1 Å². The lowest BCUT2D eigenvalue weighted by molar-refractivity contribution is 0.0951. The van der Waals surface area contributed by atoms with Crippen molar-refractivity contribution in [2.24, 2.45) is 7.05 Å². The topological polar surface area (TPSA) is 72.9 Å². The lowest BCUT2D eigenvalue weighted by Crippen LogP contribution is -2.22. The first-order chi connectivity index (χ1) is 8.56. The summed E-state index contributed by atoms with van der Waals surface area (Å²) in [6, 6.07) is 5.09. The number of hydrogen-bond donors (Lipinski definition) is 2. The van der Waals surface area contributed by atoms with E-state index < -0.39 is 0 Å². The number of benzene rings is 1. The van der Waals surface area contributed by atoms with Crippen LogP contribution < -0.4 is 11.1 Å². The standard InChI is InChI=1S/C12H13BrN4O/c1-17-7-8(6-16-17)5-15-12(18)9-2-3-11(14)10(13)4-9/h2-4,6-7H,5,14H2,1H3,(H,15,18). The van der Waals surface area contributed by atoms with E-state index in [1.807, 2.05) is 13.2 Å². The van der Waals surface area contributed by atoms with Gasteiger partial charge in [0.05, 0.1) is 6.20 Å². The molecule has 2 rings (SSSR count). The number of nitrogens with zero attached hydrogens (tertiary/aromatic N) is 2. The van der Waals surface area contributed by atoms with Crippen LogP contribution in [-0.4, -0.2) is 15.7 Å². The quantitative estimate of drug-likeness (QED) is 0.848. The molecule has 0 radical (unpaired) electrons. The van der Waals surface area contributed by atoms with Crippen LogP contribution in [0.15, 0.2) is 35.1 Å². The average Bonchev–Trinajstić information content (AvgIpc) is 2.75. The fourth-order valence-electron chi connectivity index (χ4n) is 1.52. The van der Waals surface area contributed by atoms with Crippen LogP contribution in [-0.2, 0) is 13.6 Å². The van der Waals surface area contributed by atoms with Gasteiger partial charge in [0.25, 0.3) is 5.91 Å². The van der Waals surface area contributed by atoms with Gasteiger partial charge in [-0.2, -0.15) is 5.10 Å². The van der Waals surface area contributed by atoms with Gasteiger partial charge in [-0.3, -0.25) is 9.48 Å². The van der Waals surface area contributed by atoms with Crippen LogP contribution in [0, 0.1) is 0 Å². The fraction of sp³-hybridized carbons (Fsp3) is 0.167. The van der Waals surface area contributed by atoms with Gasteiger partial charge in [0.1, 0.15) is 0 Å². The number of aromatic nitrogens is 2. The van der Waals surface area contributed by atoms with Crippen LogP contribution in [0.1, 0.15) is 15.9 Å². The molecule has 0 aliphatic heterocycles. The van der Waals surface area contributed by atoms with Crippen LogP contribution in [0.3, 0.4) is 0 Å². The van der Waals surface area contributed by atoms with E-state index in [9.17, 15) is 4.79 Å². The molecular formula is C12H13BrN4O.